The van der Waals surface area contributed by atoms with Gasteiger partial charge in [-0.05, 0) is 50.9 Å². The second-order valence-corrected chi connectivity index (χ2v) is 6.30. The van der Waals surface area contributed by atoms with E-state index in [0.29, 0.717) is 12.0 Å². The van der Waals surface area contributed by atoms with Crippen LogP contribution in [0.4, 0.5) is 4.39 Å². The van der Waals surface area contributed by atoms with Crippen molar-refractivity contribution in [2.75, 3.05) is 33.3 Å². The van der Waals surface area contributed by atoms with Crippen LogP contribution in [0.15, 0.2) is 24.3 Å². The van der Waals surface area contributed by atoms with E-state index < -0.39 is 5.82 Å². The van der Waals surface area contributed by atoms with Crippen LogP contribution in [-0.2, 0) is 4.79 Å². The molecule has 0 spiro atoms. The Bertz CT molecular complexity index is 537. The molecule has 0 bridgehead atoms. The molecule has 2 aliphatic heterocycles. The fourth-order valence-electron chi connectivity index (χ4n) is 3.67. The third kappa shape index (κ3) is 3.24. The number of carbonyl (C=O) groups excluding carboxylic acids is 1. The van der Waals surface area contributed by atoms with Crippen LogP contribution in [0.1, 0.15) is 19.3 Å². The van der Waals surface area contributed by atoms with Crippen molar-refractivity contribution in [3.05, 3.63) is 30.1 Å². The molecule has 2 atom stereocenters. The first-order valence-corrected chi connectivity index (χ1v) is 8.00. The molecule has 0 N–H and O–H groups in total. The van der Waals surface area contributed by atoms with Gasteiger partial charge in [0.2, 0.25) is 0 Å². The van der Waals surface area contributed by atoms with Crippen LogP contribution in [0.25, 0.3) is 0 Å². The molecule has 0 aromatic heterocycles. The van der Waals surface area contributed by atoms with E-state index in [-0.39, 0.29) is 18.3 Å². The van der Waals surface area contributed by atoms with E-state index in [2.05, 4.69) is 11.9 Å². The summed E-state index contributed by atoms with van der Waals surface area (Å²) in [5, 5.41) is 0. The number of hydrogen-bond donors (Lipinski definition) is 0. The van der Waals surface area contributed by atoms with E-state index >= 15 is 0 Å². The summed E-state index contributed by atoms with van der Waals surface area (Å²) < 4.78 is 18.8. The Labute approximate surface area is 130 Å². The fourth-order valence-corrected chi connectivity index (χ4v) is 3.67. The zero-order valence-corrected chi connectivity index (χ0v) is 13.0. The van der Waals surface area contributed by atoms with Crippen molar-refractivity contribution in [2.24, 2.45) is 5.92 Å². The van der Waals surface area contributed by atoms with Gasteiger partial charge in [-0.2, -0.15) is 0 Å². The summed E-state index contributed by atoms with van der Waals surface area (Å²) in [5.74, 6) is 0.228. The van der Waals surface area contributed by atoms with Crippen LogP contribution in [0, 0.1) is 11.7 Å². The van der Waals surface area contributed by atoms with E-state index in [1.807, 2.05) is 4.90 Å². The third-order valence-corrected chi connectivity index (χ3v) is 4.89. The van der Waals surface area contributed by atoms with E-state index in [0.717, 1.165) is 26.1 Å². The molecule has 4 nitrogen and oxygen atoms in total. The Morgan fingerprint density at radius 1 is 1.32 bits per heavy atom. The van der Waals surface area contributed by atoms with Gasteiger partial charge >= 0.3 is 0 Å². The fraction of sp³-hybridized carbons (Fsp3) is 0.588. The number of amides is 1. The number of carbonyl (C=O) groups is 1. The summed E-state index contributed by atoms with van der Waals surface area (Å²) in [5.41, 5.74) is 0. The standard InChI is InChI=1S/C17H23FN2O2/c1-19-9-4-5-13-11-20(10-8-15(13)19)17(21)12-22-16-7-3-2-6-14(16)18/h2-3,6-7,13,15H,4-5,8-12H2,1H3. The van der Waals surface area contributed by atoms with Crippen molar-refractivity contribution in [3.8, 4) is 5.75 Å². The summed E-state index contributed by atoms with van der Waals surface area (Å²) in [7, 11) is 2.18. The van der Waals surface area contributed by atoms with Gasteiger partial charge in [-0.25, -0.2) is 4.39 Å². The van der Waals surface area contributed by atoms with Crippen molar-refractivity contribution in [1.82, 2.24) is 9.80 Å². The van der Waals surface area contributed by atoms with Gasteiger partial charge in [0.05, 0.1) is 0 Å². The maximum absolute atomic E-state index is 13.5. The van der Waals surface area contributed by atoms with Crippen LogP contribution in [0.2, 0.25) is 0 Å². The summed E-state index contributed by atoms with van der Waals surface area (Å²) in [6, 6.07) is 6.79. The van der Waals surface area contributed by atoms with Crippen molar-refractivity contribution >= 4 is 5.91 Å². The van der Waals surface area contributed by atoms with Crippen LogP contribution < -0.4 is 4.74 Å². The minimum atomic E-state index is -0.428. The second kappa shape index (κ2) is 6.65. The van der Waals surface area contributed by atoms with Crippen molar-refractivity contribution in [3.63, 3.8) is 0 Å². The minimum absolute atomic E-state index is 0.0464. The lowest BCUT2D eigenvalue weighted by molar-refractivity contribution is -0.136. The lowest BCUT2D eigenvalue weighted by atomic mass is 9.84. The van der Waals surface area contributed by atoms with Gasteiger partial charge in [0.1, 0.15) is 0 Å². The molecule has 0 saturated carbocycles. The van der Waals surface area contributed by atoms with Crippen molar-refractivity contribution in [1.29, 1.82) is 0 Å². The number of halogens is 1. The summed E-state index contributed by atoms with van der Waals surface area (Å²) in [6.07, 6.45) is 3.41. The Balaban J connectivity index is 1.54. The van der Waals surface area contributed by atoms with E-state index in [9.17, 15) is 9.18 Å². The van der Waals surface area contributed by atoms with Gasteiger partial charge in [-0.15, -0.1) is 0 Å². The highest BCUT2D eigenvalue weighted by atomic mass is 19.1. The average molecular weight is 306 g/mol. The maximum Gasteiger partial charge on any atom is 0.260 e. The molecule has 3 rings (SSSR count). The molecule has 22 heavy (non-hydrogen) atoms. The molecular formula is C17H23FN2O2. The first-order chi connectivity index (χ1) is 10.6. The highest BCUT2D eigenvalue weighted by molar-refractivity contribution is 5.77. The zero-order chi connectivity index (χ0) is 15.5. The first kappa shape index (κ1) is 15.3. The summed E-state index contributed by atoms with van der Waals surface area (Å²) in [6.45, 7) is 2.64. The predicted octanol–water partition coefficient (Wildman–Crippen LogP) is 2.15. The quantitative estimate of drug-likeness (QED) is 0.858. The van der Waals surface area contributed by atoms with Crippen LogP contribution in [-0.4, -0.2) is 55.0 Å². The number of rotatable bonds is 3. The number of benzene rings is 1. The Kier molecular flexibility index (Phi) is 4.62. The number of nitrogens with zero attached hydrogens (tertiary/aromatic N) is 2. The molecule has 1 aromatic rings. The number of hydrogen-bond acceptors (Lipinski definition) is 3. The molecule has 2 heterocycles. The van der Waals surface area contributed by atoms with Gasteiger partial charge in [-0.1, -0.05) is 12.1 Å². The molecule has 2 aliphatic rings. The Hall–Kier alpha value is -1.62. The maximum atomic E-state index is 13.5. The number of ether oxygens (including phenoxy) is 1. The van der Waals surface area contributed by atoms with Crippen LogP contribution in [0.5, 0.6) is 5.75 Å². The molecule has 2 unspecified atom stereocenters. The molecule has 2 saturated heterocycles. The largest absolute Gasteiger partial charge is 0.481 e. The van der Waals surface area contributed by atoms with Crippen molar-refractivity contribution < 1.29 is 13.9 Å². The molecule has 0 aliphatic carbocycles. The van der Waals surface area contributed by atoms with Crippen molar-refractivity contribution in [2.45, 2.75) is 25.3 Å². The summed E-state index contributed by atoms with van der Waals surface area (Å²) in [4.78, 5) is 16.6. The highest BCUT2D eigenvalue weighted by Gasteiger charge is 2.35. The minimum Gasteiger partial charge on any atom is -0.481 e. The Morgan fingerprint density at radius 2 is 2.14 bits per heavy atom. The smallest absolute Gasteiger partial charge is 0.260 e. The van der Waals surface area contributed by atoms with Gasteiger partial charge in [0, 0.05) is 19.1 Å². The van der Waals surface area contributed by atoms with E-state index in [1.165, 1.54) is 18.9 Å². The SMILES string of the molecule is CN1CCCC2CN(C(=O)COc3ccccc3F)CCC21. The molecule has 120 valence electrons. The molecule has 2 fully saturated rings. The second-order valence-electron chi connectivity index (χ2n) is 6.30. The molecule has 0 radical (unpaired) electrons. The first-order valence-electron chi connectivity index (χ1n) is 8.00. The molecule has 1 aromatic carbocycles. The van der Waals surface area contributed by atoms with Crippen LogP contribution >= 0.6 is 0 Å². The number of fused-ring (bicyclic) bond motifs is 1. The number of piperidine rings is 2. The lowest BCUT2D eigenvalue weighted by Crippen LogP contribution is -2.54. The zero-order valence-electron chi connectivity index (χ0n) is 13.0. The van der Waals surface area contributed by atoms with E-state index in [4.69, 9.17) is 4.74 Å². The normalized spacial score (nSPS) is 25.6. The number of para-hydroxylation sites is 1. The topological polar surface area (TPSA) is 32.8 Å². The van der Waals surface area contributed by atoms with Crippen LogP contribution in [0.3, 0.4) is 0 Å². The van der Waals surface area contributed by atoms with Gasteiger partial charge in [-0.3, -0.25) is 4.79 Å². The lowest BCUT2D eigenvalue weighted by Gasteiger charge is -2.45. The molecular weight excluding hydrogens is 283 g/mol. The average Bonchev–Trinajstić information content (AvgIpc) is 2.54. The van der Waals surface area contributed by atoms with Gasteiger partial charge < -0.3 is 14.5 Å². The predicted molar refractivity (Wildman–Crippen MR) is 82.2 cm³/mol. The van der Waals surface area contributed by atoms with Gasteiger partial charge in [0.25, 0.3) is 5.91 Å². The molecule has 5 heteroatoms. The van der Waals surface area contributed by atoms with Gasteiger partial charge in [0.15, 0.2) is 18.2 Å². The Morgan fingerprint density at radius 3 is 2.95 bits per heavy atom. The third-order valence-electron chi connectivity index (χ3n) is 4.89. The summed E-state index contributed by atoms with van der Waals surface area (Å²) >= 11 is 0. The monoisotopic (exact) mass is 306 g/mol. The number of likely N-dealkylation sites (tertiary alicyclic amines) is 2. The molecule has 1 amide bonds. The van der Waals surface area contributed by atoms with E-state index in [1.54, 1.807) is 18.2 Å². The highest BCUT2D eigenvalue weighted by Crippen LogP contribution is 2.29.